The Morgan fingerprint density at radius 1 is 1.13 bits per heavy atom. The molecule has 0 atom stereocenters. The second-order valence-corrected chi connectivity index (χ2v) is 7.59. The minimum absolute atomic E-state index is 0.176. The average molecular weight is 433 g/mol. The van der Waals surface area contributed by atoms with E-state index in [0.717, 1.165) is 10.6 Å². The van der Waals surface area contributed by atoms with Crippen LogP contribution in [0.5, 0.6) is 0 Å². The molecule has 160 valence electrons. The van der Waals surface area contributed by atoms with Crippen molar-refractivity contribution in [2.75, 3.05) is 36.9 Å². The highest BCUT2D eigenvalue weighted by Crippen LogP contribution is 2.28. The van der Waals surface area contributed by atoms with Crippen LogP contribution in [-0.4, -0.2) is 54.2 Å². The minimum atomic E-state index is -0.528. The van der Waals surface area contributed by atoms with Gasteiger partial charge in [-0.3, -0.25) is 15.0 Å². The van der Waals surface area contributed by atoms with E-state index in [4.69, 9.17) is 9.47 Å². The number of benzene rings is 1. The number of aromatic nitrogens is 1. The smallest absolute Gasteiger partial charge is 0.413 e. The lowest BCUT2D eigenvalue weighted by Gasteiger charge is -2.25. The number of thiazole rings is 1. The van der Waals surface area contributed by atoms with Crippen molar-refractivity contribution in [3.05, 3.63) is 40.4 Å². The SMILES string of the molecule is CCOC(=O)Nc1nc2c(s1)CN(CC(=O)Nc1ccccc1C(=O)OCC)CC2. The number of ether oxygens (including phenoxy) is 2. The van der Waals surface area contributed by atoms with Gasteiger partial charge in [0.25, 0.3) is 0 Å². The van der Waals surface area contributed by atoms with Crippen molar-refractivity contribution in [1.29, 1.82) is 0 Å². The molecular formula is C20H24N4O5S. The maximum absolute atomic E-state index is 12.6. The summed E-state index contributed by atoms with van der Waals surface area (Å²) in [4.78, 5) is 43.6. The first-order chi connectivity index (χ1) is 14.5. The van der Waals surface area contributed by atoms with Gasteiger partial charge in [0.05, 0.1) is 36.7 Å². The predicted octanol–water partition coefficient (Wildman–Crippen LogP) is 2.89. The number of carbonyl (C=O) groups is 3. The van der Waals surface area contributed by atoms with E-state index >= 15 is 0 Å². The zero-order valence-electron chi connectivity index (χ0n) is 16.9. The fraction of sp³-hybridized carbons (Fsp3) is 0.400. The third kappa shape index (κ3) is 5.55. The van der Waals surface area contributed by atoms with Crippen LogP contribution in [0.15, 0.2) is 24.3 Å². The molecule has 10 heteroatoms. The van der Waals surface area contributed by atoms with Gasteiger partial charge < -0.3 is 14.8 Å². The Labute approximate surface area is 178 Å². The summed E-state index contributed by atoms with van der Waals surface area (Å²) in [7, 11) is 0. The highest BCUT2D eigenvalue weighted by molar-refractivity contribution is 7.15. The second-order valence-electron chi connectivity index (χ2n) is 6.51. The van der Waals surface area contributed by atoms with Crippen LogP contribution in [0.1, 0.15) is 34.8 Å². The molecule has 0 aliphatic carbocycles. The molecule has 1 aliphatic heterocycles. The number of hydrogen-bond acceptors (Lipinski definition) is 8. The van der Waals surface area contributed by atoms with Crippen LogP contribution in [0.2, 0.25) is 0 Å². The van der Waals surface area contributed by atoms with Crippen LogP contribution < -0.4 is 10.6 Å². The van der Waals surface area contributed by atoms with Crippen molar-refractivity contribution in [2.45, 2.75) is 26.8 Å². The summed E-state index contributed by atoms with van der Waals surface area (Å²) < 4.78 is 9.91. The Morgan fingerprint density at radius 3 is 2.67 bits per heavy atom. The van der Waals surface area contributed by atoms with E-state index in [0.29, 0.717) is 42.5 Å². The van der Waals surface area contributed by atoms with E-state index in [2.05, 4.69) is 15.6 Å². The molecule has 1 aromatic carbocycles. The normalized spacial score (nSPS) is 13.3. The number of nitrogens with zero attached hydrogens (tertiary/aromatic N) is 2. The summed E-state index contributed by atoms with van der Waals surface area (Å²) in [6.07, 6.45) is 0.156. The van der Waals surface area contributed by atoms with Crippen molar-refractivity contribution >= 4 is 40.1 Å². The van der Waals surface area contributed by atoms with E-state index in [1.807, 2.05) is 4.90 Å². The molecule has 30 heavy (non-hydrogen) atoms. The van der Waals surface area contributed by atoms with Crippen molar-refractivity contribution in [2.24, 2.45) is 0 Å². The molecule has 9 nitrogen and oxygen atoms in total. The highest BCUT2D eigenvalue weighted by atomic mass is 32.1. The van der Waals surface area contributed by atoms with Crippen molar-refractivity contribution < 1.29 is 23.9 Å². The lowest BCUT2D eigenvalue weighted by atomic mass is 10.1. The number of carbonyl (C=O) groups excluding carboxylic acids is 3. The Hall–Kier alpha value is -2.98. The number of anilines is 2. The molecule has 0 bridgehead atoms. The van der Waals surface area contributed by atoms with Gasteiger partial charge in [0.15, 0.2) is 5.13 Å². The lowest BCUT2D eigenvalue weighted by Crippen LogP contribution is -2.37. The van der Waals surface area contributed by atoms with E-state index in [-0.39, 0.29) is 19.1 Å². The van der Waals surface area contributed by atoms with Crippen molar-refractivity contribution in [1.82, 2.24) is 9.88 Å². The quantitative estimate of drug-likeness (QED) is 0.648. The van der Waals surface area contributed by atoms with E-state index in [9.17, 15) is 14.4 Å². The topological polar surface area (TPSA) is 110 Å². The molecule has 0 fully saturated rings. The lowest BCUT2D eigenvalue weighted by molar-refractivity contribution is -0.117. The molecule has 0 radical (unpaired) electrons. The molecule has 1 aliphatic rings. The Kier molecular flexibility index (Phi) is 7.36. The van der Waals surface area contributed by atoms with Crippen LogP contribution in [0, 0.1) is 0 Å². The Bertz CT molecular complexity index is 930. The highest BCUT2D eigenvalue weighted by Gasteiger charge is 2.23. The maximum atomic E-state index is 12.6. The van der Waals surface area contributed by atoms with Gasteiger partial charge in [0.1, 0.15) is 0 Å². The monoisotopic (exact) mass is 432 g/mol. The zero-order valence-corrected chi connectivity index (χ0v) is 17.7. The fourth-order valence-corrected chi connectivity index (χ4v) is 4.10. The Morgan fingerprint density at radius 2 is 1.90 bits per heavy atom. The first-order valence-electron chi connectivity index (χ1n) is 9.70. The van der Waals surface area contributed by atoms with Crippen molar-refractivity contribution in [3.8, 4) is 0 Å². The number of nitrogens with one attached hydrogen (secondary N) is 2. The largest absolute Gasteiger partial charge is 0.462 e. The molecule has 2 amide bonds. The predicted molar refractivity (Wildman–Crippen MR) is 113 cm³/mol. The zero-order chi connectivity index (χ0) is 21.5. The van der Waals surface area contributed by atoms with E-state index in [1.54, 1.807) is 38.1 Å². The second kappa shape index (κ2) is 10.2. The molecule has 2 aromatic rings. The van der Waals surface area contributed by atoms with E-state index < -0.39 is 12.1 Å². The Balaban J connectivity index is 1.59. The summed E-state index contributed by atoms with van der Waals surface area (Å²) in [5.74, 6) is -0.688. The van der Waals surface area contributed by atoms with Gasteiger partial charge in [0.2, 0.25) is 5.91 Å². The number of hydrogen-bond donors (Lipinski definition) is 2. The van der Waals surface area contributed by atoms with Gasteiger partial charge in [0, 0.05) is 24.4 Å². The van der Waals surface area contributed by atoms with Crippen LogP contribution in [-0.2, 0) is 27.2 Å². The third-order valence-corrected chi connectivity index (χ3v) is 5.36. The molecule has 0 unspecified atom stereocenters. The number of esters is 1. The van der Waals surface area contributed by atoms with Gasteiger partial charge in [-0.05, 0) is 26.0 Å². The fourth-order valence-electron chi connectivity index (χ4n) is 3.06. The van der Waals surface area contributed by atoms with Crippen LogP contribution in [0.4, 0.5) is 15.6 Å². The van der Waals surface area contributed by atoms with Gasteiger partial charge in [-0.1, -0.05) is 23.5 Å². The first kappa shape index (κ1) is 21.7. The first-order valence-corrected chi connectivity index (χ1v) is 10.5. The molecule has 2 N–H and O–H groups in total. The van der Waals surface area contributed by atoms with Crippen LogP contribution >= 0.6 is 11.3 Å². The number of para-hydroxylation sites is 1. The van der Waals surface area contributed by atoms with Crippen LogP contribution in [0.25, 0.3) is 0 Å². The summed E-state index contributed by atoms with van der Waals surface area (Å²) in [6, 6.07) is 6.77. The average Bonchev–Trinajstić information content (AvgIpc) is 3.10. The molecule has 3 rings (SSSR count). The van der Waals surface area contributed by atoms with E-state index in [1.165, 1.54) is 11.3 Å². The summed E-state index contributed by atoms with van der Waals surface area (Å²) in [5.41, 5.74) is 1.68. The maximum Gasteiger partial charge on any atom is 0.413 e. The van der Waals surface area contributed by atoms with Gasteiger partial charge in [-0.25, -0.2) is 14.6 Å². The van der Waals surface area contributed by atoms with Gasteiger partial charge in [-0.15, -0.1) is 0 Å². The standard InChI is InChI=1S/C20H24N4O5S/c1-3-28-18(26)13-7-5-6-8-14(13)21-17(25)12-24-10-9-15-16(11-24)30-19(22-15)23-20(27)29-4-2/h5-8H,3-4,9-12H2,1-2H3,(H,21,25)(H,22,23,27). The van der Waals surface area contributed by atoms with Crippen molar-refractivity contribution in [3.63, 3.8) is 0 Å². The molecule has 0 spiro atoms. The molecule has 0 saturated carbocycles. The van der Waals surface area contributed by atoms with Gasteiger partial charge >= 0.3 is 12.1 Å². The van der Waals surface area contributed by atoms with Crippen LogP contribution in [0.3, 0.4) is 0 Å². The minimum Gasteiger partial charge on any atom is -0.462 e. The number of fused-ring (bicyclic) bond motifs is 1. The summed E-state index contributed by atoms with van der Waals surface area (Å²) in [6.45, 7) is 5.43. The molecule has 1 aromatic heterocycles. The molecule has 0 saturated heterocycles. The van der Waals surface area contributed by atoms with Gasteiger partial charge in [-0.2, -0.15) is 0 Å². The number of rotatable bonds is 7. The number of amides is 2. The third-order valence-electron chi connectivity index (χ3n) is 4.36. The molecular weight excluding hydrogens is 408 g/mol. The molecule has 2 heterocycles. The summed E-state index contributed by atoms with van der Waals surface area (Å²) >= 11 is 1.38. The summed E-state index contributed by atoms with van der Waals surface area (Å²) in [5, 5.41) is 5.91.